The fourth-order valence-electron chi connectivity index (χ4n) is 3.36. The van der Waals surface area contributed by atoms with Crippen molar-refractivity contribution in [2.24, 2.45) is 0 Å². The standard InChI is InChI=1S/C20H24N4O3/c1-14-11-18(25)17(13-24(14)16-5-6-16)20(26)21-12-15-3-2-4-19(22-15)23-7-9-27-10-8-23/h2-4,11,13,16H,5-10,12H2,1H3,(H,21,26). The molecule has 1 aliphatic heterocycles. The molecule has 27 heavy (non-hydrogen) atoms. The lowest BCUT2D eigenvalue weighted by molar-refractivity contribution is 0.0948. The summed E-state index contributed by atoms with van der Waals surface area (Å²) in [5, 5.41) is 2.83. The fraction of sp³-hybridized carbons (Fsp3) is 0.450. The summed E-state index contributed by atoms with van der Waals surface area (Å²) in [7, 11) is 0. The van der Waals surface area contributed by atoms with Crippen molar-refractivity contribution in [1.82, 2.24) is 14.9 Å². The van der Waals surface area contributed by atoms with Crippen molar-refractivity contribution < 1.29 is 9.53 Å². The van der Waals surface area contributed by atoms with Crippen LogP contribution in [0.2, 0.25) is 0 Å². The van der Waals surface area contributed by atoms with Gasteiger partial charge >= 0.3 is 0 Å². The summed E-state index contributed by atoms with van der Waals surface area (Å²) in [5.74, 6) is 0.532. The number of hydrogen-bond acceptors (Lipinski definition) is 5. The van der Waals surface area contributed by atoms with Crippen LogP contribution in [-0.4, -0.2) is 41.8 Å². The van der Waals surface area contributed by atoms with Gasteiger partial charge in [-0.1, -0.05) is 6.07 Å². The third-order valence-electron chi connectivity index (χ3n) is 5.02. The van der Waals surface area contributed by atoms with E-state index in [-0.39, 0.29) is 23.4 Å². The zero-order valence-corrected chi connectivity index (χ0v) is 15.5. The Labute approximate surface area is 158 Å². The highest BCUT2D eigenvalue weighted by Crippen LogP contribution is 2.35. The molecule has 0 radical (unpaired) electrons. The monoisotopic (exact) mass is 368 g/mol. The SMILES string of the molecule is Cc1cc(=O)c(C(=O)NCc2cccc(N3CCOCC3)n2)cn1C1CC1. The van der Waals surface area contributed by atoms with E-state index < -0.39 is 0 Å². The summed E-state index contributed by atoms with van der Waals surface area (Å²) in [6.07, 6.45) is 3.90. The Hall–Kier alpha value is -2.67. The number of amides is 1. The van der Waals surface area contributed by atoms with Crippen LogP contribution >= 0.6 is 0 Å². The first-order valence-electron chi connectivity index (χ1n) is 9.41. The molecule has 2 aromatic heterocycles. The molecule has 1 amide bonds. The predicted molar refractivity (Wildman–Crippen MR) is 102 cm³/mol. The number of nitrogens with zero attached hydrogens (tertiary/aromatic N) is 3. The molecule has 2 fully saturated rings. The summed E-state index contributed by atoms with van der Waals surface area (Å²) in [6.45, 7) is 5.21. The number of aromatic nitrogens is 2. The van der Waals surface area contributed by atoms with Gasteiger partial charge in [0.15, 0.2) is 5.43 Å². The highest BCUT2D eigenvalue weighted by molar-refractivity contribution is 5.93. The van der Waals surface area contributed by atoms with Crippen LogP contribution in [0.5, 0.6) is 0 Å². The Balaban J connectivity index is 1.45. The number of morpholine rings is 1. The number of aryl methyl sites for hydroxylation is 1. The molecule has 1 saturated carbocycles. The summed E-state index contributed by atoms with van der Waals surface area (Å²) in [5.41, 5.74) is 1.62. The van der Waals surface area contributed by atoms with E-state index >= 15 is 0 Å². The fourth-order valence-corrected chi connectivity index (χ4v) is 3.36. The van der Waals surface area contributed by atoms with Crippen molar-refractivity contribution in [3.05, 3.63) is 57.6 Å². The number of ether oxygens (including phenoxy) is 1. The first-order valence-corrected chi connectivity index (χ1v) is 9.41. The Morgan fingerprint density at radius 1 is 1.30 bits per heavy atom. The van der Waals surface area contributed by atoms with E-state index in [0.717, 1.165) is 43.1 Å². The van der Waals surface area contributed by atoms with Crippen LogP contribution in [0.1, 0.15) is 40.6 Å². The average molecular weight is 368 g/mol. The van der Waals surface area contributed by atoms with Gasteiger partial charge in [0.05, 0.1) is 25.5 Å². The highest BCUT2D eigenvalue weighted by Gasteiger charge is 2.25. The summed E-state index contributed by atoms with van der Waals surface area (Å²) in [6, 6.07) is 7.74. The van der Waals surface area contributed by atoms with Crippen molar-refractivity contribution in [2.45, 2.75) is 32.4 Å². The largest absolute Gasteiger partial charge is 0.378 e. The van der Waals surface area contributed by atoms with Crippen LogP contribution in [0.3, 0.4) is 0 Å². The summed E-state index contributed by atoms with van der Waals surface area (Å²) < 4.78 is 7.41. The number of carbonyl (C=O) groups is 1. The van der Waals surface area contributed by atoms with Crippen LogP contribution < -0.4 is 15.6 Å². The van der Waals surface area contributed by atoms with Gasteiger partial charge in [0.25, 0.3) is 5.91 Å². The summed E-state index contributed by atoms with van der Waals surface area (Å²) in [4.78, 5) is 31.6. The van der Waals surface area contributed by atoms with E-state index in [4.69, 9.17) is 4.74 Å². The van der Waals surface area contributed by atoms with Gasteiger partial charge in [-0.3, -0.25) is 9.59 Å². The van der Waals surface area contributed by atoms with Crippen molar-refractivity contribution in [1.29, 1.82) is 0 Å². The van der Waals surface area contributed by atoms with E-state index in [2.05, 4.69) is 15.2 Å². The first-order chi connectivity index (χ1) is 13.1. The number of anilines is 1. The van der Waals surface area contributed by atoms with E-state index in [0.29, 0.717) is 19.3 Å². The van der Waals surface area contributed by atoms with Crippen LogP contribution in [0.15, 0.2) is 35.3 Å². The molecule has 0 bridgehead atoms. The van der Waals surface area contributed by atoms with Crippen molar-refractivity contribution in [2.75, 3.05) is 31.2 Å². The molecule has 0 spiro atoms. The average Bonchev–Trinajstić information content (AvgIpc) is 3.52. The van der Waals surface area contributed by atoms with Crippen molar-refractivity contribution >= 4 is 11.7 Å². The van der Waals surface area contributed by atoms with Crippen molar-refractivity contribution in [3.63, 3.8) is 0 Å². The molecule has 1 aliphatic carbocycles. The molecule has 4 rings (SSSR count). The van der Waals surface area contributed by atoms with Gasteiger partial charge in [0.2, 0.25) is 0 Å². The Morgan fingerprint density at radius 3 is 2.81 bits per heavy atom. The lowest BCUT2D eigenvalue weighted by Crippen LogP contribution is -2.37. The molecule has 7 heteroatoms. The highest BCUT2D eigenvalue weighted by atomic mass is 16.5. The second-order valence-electron chi connectivity index (χ2n) is 7.10. The van der Waals surface area contributed by atoms with Gasteiger partial charge in [-0.05, 0) is 31.9 Å². The lowest BCUT2D eigenvalue weighted by atomic mass is 10.2. The van der Waals surface area contributed by atoms with Crippen LogP contribution in [0, 0.1) is 6.92 Å². The smallest absolute Gasteiger partial charge is 0.257 e. The topological polar surface area (TPSA) is 76.5 Å². The molecule has 0 atom stereocenters. The maximum absolute atomic E-state index is 12.6. The normalized spacial score (nSPS) is 17.0. The van der Waals surface area contributed by atoms with E-state index in [1.165, 1.54) is 0 Å². The third-order valence-corrected chi connectivity index (χ3v) is 5.02. The minimum Gasteiger partial charge on any atom is -0.378 e. The summed E-state index contributed by atoms with van der Waals surface area (Å²) >= 11 is 0. The second-order valence-corrected chi connectivity index (χ2v) is 7.10. The van der Waals surface area contributed by atoms with Crippen LogP contribution in [0.4, 0.5) is 5.82 Å². The second kappa shape index (κ2) is 7.52. The maximum atomic E-state index is 12.6. The molecule has 0 aromatic carbocycles. The van der Waals surface area contributed by atoms with E-state index in [1.807, 2.05) is 29.7 Å². The van der Waals surface area contributed by atoms with Gasteiger partial charge < -0.3 is 19.5 Å². The number of nitrogens with one attached hydrogen (secondary N) is 1. The van der Waals surface area contributed by atoms with E-state index in [9.17, 15) is 9.59 Å². The molecule has 7 nitrogen and oxygen atoms in total. The quantitative estimate of drug-likeness (QED) is 0.869. The molecule has 2 aromatic rings. The van der Waals surface area contributed by atoms with Gasteiger partial charge in [0.1, 0.15) is 11.4 Å². The third kappa shape index (κ3) is 4.03. The molecule has 0 unspecified atom stereocenters. The number of pyridine rings is 2. The Bertz CT molecular complexity index is 898. The number of rotatable bonds is 5. The Morgan fingerprint density at radius 2 is 2.07 bits per heavy atom. The molecule has 3 heterocycles. The van der Waals surface area contributed by atoms with Gasteiger partial charge in [-0.25, -0.2) is 4.98 Å². The molecule has 142 valence electrons. The lowest BCUT2D eigenvalue weighted by Gasteiger charge is -2.28. The van der Waals surface area contributed by atoms with Crippen LogP contribution in [0.25, 0.3) is 0 Å². The zero-order chi connectivity index (χ0) is 18.8. The van der Waals surface area contributed by atoms with Gasteiger partial charge in [0, 0.05) is 37.1 Å². The minimum atomic E-state index is -0.354. The first kappa shape index (κ1) is 17.7. The number of hydrogen-bond donors (Lipinski definition) is 1. The molecular formula is C20H24N4O3. The number of carbonyl (C=O) groups excluding carboxylic acids is 1. The van der Waals surface area contributed by atoms with Crippen LogP contribution in [-0.2, 0) is 11.3 Å². The van der Waals surface area contributed by atoms with Crippen molar-refractivity contribution in [3.8, 4) is 0 Å². The van der Waals surface area contributed by atoms with E-state index in [1.54, 1.807) is 12.3 Å². The molecule has 1 saturated heterocycles. The molecular weight excluding hydrogens is 344 g/mol. The molecule has 2 aliphatic rings. The van der Waals surface area contributed by atoms with Gasteiger partial charge in [-0.2, -0.15) is 0 Å². The Kier molecular flexibility index (Phi) is 4.94. The minimum absolute atomic E-state index is 0.192. The zero-order valence-electron chi connectivity index (χ0n) is 15.5. The van der Waals surface area contributed by atoms with Gasteiger partial charge in [-0.15, -0.1) is 0 Å². The molecule has 1 N–H and O–H groups in total. The maximum Gasteiger partial charge on any atom is 0.257 e. The predicted octanol–water partition coefficient (Wildman–Crippen LogP) is 1.65.